The fourth-order valence-corrected chi connectivity index (χ4v) is 1.62. The van der Waals surface area contributed by atoms with Crippen molar-refractivity contribution in [3.8, 4) is 0 Å². The van der Waals surface area contributed by atoms with E-state index in [9.17, 15) is 5.11 Å². The van der Waals surface area contributed by atoms with Gasteiger partial charge in [-0.3, -0.25) is 0 Å². The van der Waals surface area contributed by atoms with E-state index in [1.165, 1.54) is 5.56 Å². The normalized spacial score (nSPS) is 12.9. The van der Waals surface area contributed by atoms with E-state index in [0.29, 0.717) is 0 Å². The Morgan fingerprint density at radius 2 is 2.20 bits per heavy atom. The fourth-order valence-electron chi connectivity index (χ4n) is 1.62. The quantitative estimate of drug-likeness (QED) is 0.655. The van der Waals surface area contributed by atoms with Crippen LogP contribution >= 0.6 is 0 Å². The van der Waals surface area contributed by atoms with Gasteiger partial charge in [-0.2, -0.15) is 0 Å². The van der Waals surface area contributed by atoms with Crippen molar-refractivity contribution in [3.05, 3.63) is 47.9 Å². The molecule has 0 fully saturated rings. The molecule has 0 radical (unpaired) electrons. The van der Waals surface area contributed by atoms with Gasteiger partial charge in [0.15, 0.2) is 0 Å². The zero-order valence-corrected chi connectivity index (χ0v) is 8.62. The molecule has 2 rings (SSSR count). The first-order chi connectivity index (χ1) is 7.08. The molecule has 0 aliphatic carbocycles. The summed E-state index contributed by atoms with van der Waals surface area (Å²) in [5, 5.41) is 10.3. The third-order valence-corrected chi connectivity index (χ3v) is 2.49. The molecule has 4 N–H and O–H groups in total. The first-order valence-corrected chi connectivity index (χ1v) is 4.80. The average molecular weight is 202 g/mol. The number of nitrogens with two attached hydrogens (primary N) is 1. The van der Waals surface area contributed by atoms with Crippen LogP contribution in [0.4, 0.5) is 0 Å². The molecule has 1 aromatic heterocycles. The molecule has 0 aliphatic heterocycles. The van der Waals surface area contributed by atoms with E-state index in [1.807, 2.05) is 25.1 Å². The van der Waals surface area contributed by atoms with Crippen molar-refractivity contribution < 1.29 is 5.11 Å². The Balaban J connectivity index is 2.51. The summed E-state index contributed by atoms with van der Waals surface area (Å²) in [6.07, 6.45) is 0. The summed E-state index contributed by atoms with van der Waals surface area (Å²) in [6.45, 7) is 5.47. The van der Waals surface area contributed by atoms with Gasteiger partial charge < -0.3 is 15.8 Å². The molecule has 15 heavy (non-hydrogen) atoms. The van der Waals surface area contributed by atoms with Gasteiger partial charge in [-0.1, -0.05) is 18.2 Å². The molecule has 2 aromatic rings. The predicted molar refractivity (Wildman–Crippen MR) is 61.7 cm³/mol. The van der Waals surface area contributed by atoms with Gasteiger partial charge in [0, 0.05) is 11.2 Å². The highest BCUT2D eigenvalue weighted by Crippen LogP contribution is 2.22. The average Bonchev–Trinajstić information content (AvgIpc) is 2.58. The van der Waals surface area contributed by atoms with E-state index in [-0.39, 0.29) is 5.76 Å². The number of hydrogen-bond acceptors (Lipinski definition) is 2. The number of aromatic amines is 1. The molecule has 1 unspecified atom stereocenters. The van der Waals surface area contributed by atoms with E-state index in [4.69, 9.17) is 5.73 Å². The second kappa shape index (κ2) is 3.44. The Labute approximate surface area is 88.2 Å². The van der Waals surface area contributed by atoms with E-state index in [2.05, 4.69) is 17.6 Å². The van der Waals surface area contributed by atoms with Crippen molar-refractivity contribution in [1.82, 2.24) is 4.98 Å². The van der Waals surface area contributed by atoms with Gasteiger partial charge in [-0.25, -0.2) is 0 Å². The molecular formula is C12H14N2O. The Morgan fingerprint density at radius 1 is 1.47 bits per heavy atom. The Morgan fingerprint density at radius 3 is 2.87 bits per heavy atom. The maximum Gasteiger partial charge on any atom is 0.108 e. The number of H-pyrrole nitrogens is 1. The molecule has 1 atom stereocenters. The predicted octanol–water partition coefficient (Wildman–Crippen LogP) is 2.55. The number of aromatic nitrogens is 1. The lowest BCUT2D eigenvalue weighted by Gasteiger charge is -2.06. The largest absolute Gasteiger partial charge is 0.511 e. The summed E-state index contributed by atoms with van der Waals surface area (Å²) < 4.78 is 0. The third kappa shape index (κ3) is 1.74. The standard InChI is InChI=1S/C12H14N2O/c1-7-3-4-10-9(5-7)6-11(14-10)12(13)8(2)15/h3-6,12,14-15H,2,13H2,1H3. The van der Waals surface area contributed by atoms with Crippen molar-refractivity contribution in [2.45, 2.75) is 13.0 Å². The minimum Gasteiger partial charge on any atom is -0.511 e. The zero-order valence-electron chi connectivity index (χ0n) is 8.62. The molecule has 0 saturated carbocycles. The number of rotatable bonds is 2. The summed E-state index contributed by atoms with van der Waals surface area (Å²) in [7, 11) is 0. The highest BCUT2D eigenvalue weighted by Gasteiger charge is 2.11. The Bertz CT molecular complexity index is 513. The minimum absolute atomic E-state index is 0.0294. The van der Waals surface area contributed by atoms with Gasteiger partial charge in [0.2, 0.25) is 0 Å². The van der Waals surface area contributed by atoms with Gasteiger partial charge in [-0.15, -0.1) is 0 Å². The molecular weight excluding hydrogens is 188 g/mol. The summed E-state index contributed by atoms with van der Waals surface area (Å²) in [6, 6.07) is 7.50. The first kappa shape index (κ1) is 9.80. The number of aryl methyl sites for hydroxylation is 1. The lowest BCUT2D eigenvalue weighted by molar-refractivity contribution is 0.371. The van der Waals surface area contributed by atoms with E-state index < -0.39 is 6.04 Å². The number of nitrogens with one attached hydrogen (secondary N) is 1. The molecule has 0 aliphatic rings. The maximum absolute atomic E-state index is 9.21. The van der Waals surface area contributed by atoms with Gasteiger partial charge in [0.1, 0.15) is 11.8 Å². The molecule has 0 bridgehead atoms. The zero-order chi connectivity index (χ0) is 11.0. The molecule has 3 nitrogen and oxygen atoms in total. The fraction of sp³-hybridized carbons (Fsp3) is 0.167. The smallest absolute Gasteiger partial charge is 0.108 e. The molecule has 1 aromatic carbocycles. The van der Waals surface area contributed by atoms with Crippen LogP contribution in [0.3, 0.4) is 0 Å². The van der Waals surface area contributed by atoms with Crippen molar-refractivity contribution in [2.75, 3.05) is 0 Å². The van der Waals surface area contributed by atoms with Crippen LogP contribution < -0.4 is 5.73 Å². The molecule has 78 valence electrons. The number of aliphatic hydroxyl groups is 1. The van der Waals surface area contributed by atoms with Crippen molar-refractivity contribution >= 4 is 10.9 Å². The SMILES string of the molecule is C=C(O)C(N)c1cc2cc(C)ccc2[nH]1. The Kier molecular flexibility index (Phi) is 2.25. The minimum atomic E-state index is -0.544. The molecule has 1 heterocycles. The molecule has 0 saturated heterocycles. The second-order valence-electron chi connectivity index (χ2n) is 3.78. The highest BCUT2D eigenvalue weighted by atomic mass is 16.3. The van der Waals surface area contributed by atoms with Gasteiger partial charge >= 0.3 is 0 Å². The van der Waals surface area contributed by atoms with Crippen LogP contribution in [0.15, 0.2) is 36.6 Å². The van der Waals surface area contributed by atoms with Crippen LogP contribution in [0.25, 0.3) is 10.9 Å². The van der Waals surface area contributed by atoms with Gasteiger partial charge in [-0.05, 0) is 30.5 Å². The van der Waals surface area contributed by atoms with Crippen LogP contribution in [-0.2, 0) is 0 Å². The van der Waals surface area contributed by atoms with Crippen LogP contribution in [0.1, 0.15) is 17.3 Å². The third-order valence-electron chi connectivity index (χ3n) is 2.49. The summed E-state index contributed by atoms with van der Waals surface area (Å²) in [4.78, 5) is 3.16. The van der Waals surface area contributed by atoms with Gasteiger partial charge in [0.25, 0.3) is 0 Å². The summed E-state index contributed by atoms with van der Waals surface area (Å²) in [5.41, 5.74) is 8.76. The van der Waals surface area contributed by atoms with Crippen LogP contribution in [0.2, 0.25) is 0 Å². The van der Waals surface area contributed by atoms with Crippen molar-refractivity contribution in [1.29, 1.82) is 0 Å². The molecule has 0 spiro atoms. The molecule has 3 heteroatoms. The van der Waals surface area contributed by atoms with Gasteiger partial charge in [0.05, 0.1) is 0 Å². The Hall–Kier alpha value is -1.74. The van der Waals surface area contributed by atoms with Crippen LogP contribution in [0.5, 0.6) is 0 Å². The van der Waals surface area contributed by atoms with Crippen molar-refractivity contribution in [3.63, 3.8) is 0 Å². The summed E-state index contributed by atoms with van der Waals surface area (Å²) >= 11 is 0. The number of fused-ring (bicyclic) bond motifs is 1. The number of benzene rings is 1. The van der Waals surface area contributed by atoms with E-state index >= 15 is 0 Å². The topological polar surface area (TPSA) is 62.0 Å². The monoisotopic (exact) mass is 202 g/mol. The summed E-state index contributed by atoms with van der Waals surface area (Å²) in [5.74, 6) is -0.0294. The maximum atomic E-state index is 9.21. The highest BCUT2D eigenvalue weighted by molar-refractivity contribution is 5.81. The lowest BCUT2D eigenvalue weighted by Crippen LogP contribution is -2.12. The second-order valence-corrected chi connectivity index (χ2v) is 3.78. The van der Waals surface area contributed by atoms with Crippen LogP contribution in [0, 0.1) is 6.92 Å². The first-order valence-electron chi connectivity index (χ1n) is 4.80. The number of aliphatic hydroxyl groups excluding tert-OH is 1. The van der Waals surface area contributed by atoms with E-state index in [1.54, 1.807) is 0 Å². The number of hydrogen-bond donors (Lipinski definition) is 3. The van der Waals surface area contributed by atoms with E-state index in [0.717, 1.165) is 16.6 Å². The molecule has 0 amide bonds. The van der Waals surface area contributed by atoms with Crippen LogP contribution in [-0.4, -0.2) is 10.1 Å². The van der Waals surface area contributed by atoms with Crippen molar-refractivity contribution in [2.24, 2.45) is 5.73 Å². The lowest BCUT2D eigenvalue weighted by atomic mass is 10.1.